The van der Waals surface area contributed by atoms with Gasteiger partial charge in [0, 0.05) is 6.16 Å². The first-order valence-corrected chi connectivity index (χ1v) is 6.33. The number of hydrogen-bond donors (Lipinski definition) is 2. The minimum Gasteiger partial charge on any atom is -0.350 e. The van der Waals surface area contributed by atoms with E-state index < -0.39 is 8.38 Å². The molecule has 0 saturated heterocycles. The van der Waals surface area contributed by atoms with E-state index in [-0.39, 0.29) is 0 Å². The number of aryl methyl sites for hydroxylation is 2. The summed E-state index contributed by atoms with van der Waals surface area (Å²) in [6, 6.07) is 8.34. The van der Waals surface area contributed by atoms with Gasteiger partial charge in [-0.3, -0.25) is 0 Å². The Morgan fingerprint density at radius 1 is 1.14 bits per heavy atom. The zero-order valence-electron chi connectivity index (χ0n) is 8.48. The SMILES string of the molecule is Cc1ccccc1CCCCP(O)O. The molecule has 0 aromatic heterocycles. The molecule has 0 heterocycles. The van der Waals surface area contributed by atoms with E-state index in [1.807, 2.05) is 12.1 Å². The van der Waals surface area contributed by atoms with E-state index >= 15 is 0 Å². The summed E-state index contributed by atoms with van der Waals surface area (Å²) in [7, 11) is -1.69. The topological polar surface area (TPSA) is 40.5 Å². The van der Waals surface area contributed by atoms with Crippen molar-refractivity contribution < 1.29 is 9.79 Å². The van der Waals surface area contributed by atoms with Crippen LogP contribution < -0.4 is 0 Å². The molecule has 0 atom stereocenters. The fraction of sp³-hybridized carbons (Fsp3) is 0.455. The van der Waals surface area contributed by atoms with E-state index in [2.05, 4.69) is 19.1 Å². The molecule has 2 N–H and O–H groups in total. The highest BCUT2D eigenvalue weighted by Crippen LogP contribution is 2.24. The number of rotatable bonds is 5. The van der Waals surface area contributed by atoms with Gasteiger partial charge in [-0.25, -0.2) is 0 Å². The Balaban J connectivity index is 2.28. The molecular weight excluding hydrogens is 195 g/mol. The second-order valence-electron chi connectivity index (χ2n) is 3.48. The first-order valence-electron chi connectivity index (χ1n) is 4.90. The molecule has 14 heavy (non-hydrogen) atoms. The minimum absolute atomic E-state index is 0.543. The van der Waals surface area contributed by atoms with Crippen molar-refractivity contribution in [1.29, 1.82) is 0 Å². The Hall–Kier alpha value is -0.430. The van der Waals surface area contributed by atoms with Crippen molar-refractivity contribution in [1.82, 2.24) is 0 Å². The maximum atomic E-state index is 8.72. The standard InChI is InChI=1S/C11H17O2P/c1-10-6-2-3-7-11(10)8-4-5-9-14(12)13/h2-3,6-7,12-13H,4-5,8-9H2,1H3. The first-order chi connectivity index (χ1) is 6.70. The van der Waals surface area contributed by atoms with Crippen LogP contribution in [0.5, 0.6) is 0 Å². The van der Waals surface area contributed by atoms with Crippen molar-refractivity contribution in [2.75, 3.05) is 6.16 Å². The van der Waals surface area contributed by atoms with Crippen molar-refractivity contribution in [3.8, 4) is 0 Å². The highest BCUT2D eigenvalue weighted by Gasteiger charge is 2.00. The minimum atomic E-state index is -1.69. The van der Waals surface area contributed by atoms with Crippen LogP contribution in [0.4, 0.5) is 0 Å². The van der Waals surface area contributed by atoms with Crippen molar-refractivity contribution in [2.45, 2.75) is 26.2 Å². The van der Waals surface area contributed by atoms with Crippen LogP contribution in [0.15, 0.2) is 24.3 Å². The van der Waals surface area contributed by atoms with Gasteiger partial charge in [-0.1, -0.05) is 24.3 Å². The second-order valence-corrected chi connectivity index (χ2v) is 4.67. The molecule has 2 nitrogen and oxygen atoms in total. The lowest BCUT2D eigenvalue weighted by molar-refractivity contribution is 0.479. The maximum absolute atomic E-state index is 8.72. The fourth-order valence-electron chi connectivity index (χ4n) is 1.46. The van der Waals surface area contributed by atoms with Gasteiger partial charge in [0.25, 0.3) is 0 Å². The summed E-state index contributed by atoms with van der Waals surface area (Å²) in [6.45, 7) is 2.11. The smallest absolute Gasteiger partial charge is 0.164 e. The molecule has 1 aromatic carbocycles. The summed E-state index contributed by atoms with van der Waals surface area (Å²) in [5.74, 6) is 0. The van der Waals surface area contributed by atoms with Crippen molar-refractivity contribution in [3.05, 3.63) is 35.4 Å². The van der Waals surface area contributed by atoms with Crippen molar-refractivity contribution in [2.24, 2.45) is 0 Å². The molecule has 78 valence electrons. The molecule has 0 radical (unpaired) electrons. The first kappa shape index (κ1) is 11.6. The molecule has 0 spiro atoms. The van der Waals surface area contributed by atoms with Crippen molar-refractivity contribution in [3.63, 3.8) is 0 Å². The summed E-state index contributed by atoms with van der Waals surface area (Å²) in [6.07, 6.45) is 3.51. The van der Waals surface area contributed by atoms with E-state index in [9.17, 15) is 0 Å². The van der Waals surface area contributed by atoms with Crippen LogP contribution in [0.3, 0.4) is 0 Å². The molecule has 3 heteroatoms. The number of hydrogen-bond acceptors (Lipinski definition) is 2. The van der Waals surface area contributed by atoms with Crippen molar-refractivity contribution >= 4 is 8.38 Å². The fourth-order valence-corrected chi connectivity index (χ4v) is 1.97. The average Bonchev–Trinajstić information content (AvgIpc) is 2.15. The van der Waals surface area contributed by atoms with Crippen LogP contribution in [0.25, 0.3) is 0 Å². The largest absolute Gasteiger partial charge is 0.350 e. The molecule has 1 rings (SSSR count). The lowest BCUT2D eigenvalue weighted by Crippen LogP contribution is -1.91. The monoisotopic (exact) mass is 212 g/mol. The van der Waals surface area contributed by atoms with Gasteiger partial charge in [0.05, 0.1) is 0 Å². The summed E-state index contributed by atoms with van der Waals surface area (Å²) in [4.78, 5) is 17.4. The highest BCUT2D eigenvalue weighted by molar-refractivity contribution is 7.45. The summed E-state index contributed by atoms with van der Waals surface area (Å²) in [5.41, 5.74) is 2.69. The third kappa shape index (κ3) is 4.19. The molecule has 0 amide bonds. The zero-order chi connectivity index (χ0) is 10.4. The normalized spacial score (nSPS) is 10.9. The highest BCUT2D eigenvalue weighted by atomic mass is 31.2. The summed E-state index contributed by atoms with van der Waals surface area (Å²) < 4.78 is 0. The molecule has 0 unspecified atom stereocenters. The number of unbranched alkanes of at least 4 members (excludes halogenated alkanes) is 1. The third-order valence-corrected chi connectivity index (χ3v) is 3.03. The lowest BCUT2D eigenvalue weighted by atomic mass is 10.0. The van der Waals surface area contributed by atoms with Crippen LogP contribution in [0.2, 0.25) is 0 Å². The quantitative estimate of drug-likeness (QED) is 0.581. The van der Waals surface area contributed by atoms with E-state index in [0.717, 1.165) is 19.3 Å². The molecule has 0 fully saturated rings. The van der Waals surface area contributed by atoms with E-state index in [4.69, 9.17) is 9.79 Å². The molecule has 0 aliphatic heterocycles. The maximum Gasteiger partial charge on any atom is 0.164 e. The van der Waals surface area contributed by atoms with Crippen LogP contribution in [-0.2, 0) is 6.42 Å². The van der Waals surface area contributed by atoms with Crippen LogP contribution >= 0.6 is 8.38 Å². The molecule has 0 saturated carbocycles. The second kappa shape index (κ2) is 6.13. The predicted octanol–water partition coefficient (Wildman–Crippen LogP) is 2.61. The van der Waals surface area contributed by atoms with Crippen LogP contribution in [0, 0.1) is 6.92 Å². The summed E-state index contributed by atoms with van der Waals surface area (Å²) >= 11 is 0. The van der Waals surface area contributed by atoms with Gasteiger partial charge >= 0.3 is 0 Å². The summed E-state index contributed by atoms with van der Waals surface area (Å²) in [5, 5.41) is 0. The van der Waals surface area contributed by atoms with Gasteiger partial charge in [0.1, 0.15) is 0 Å². The van der Waals surface area contributed by atoms with E-state index in [1.54, 1.807) is 0 Å². The molecule has 0 aliphatic carbocycles. The molecule has 1 aromatic rings. The average molecular weight is 212 g/mol. The van der Waals surface area contributed by atoms with Gasteiger partial charge in [0.15, 0.2) is 8.38 Å². The van der Waals surface area contributed by atoms with Gasteiger partial charge in [0.2, 0.25) is 0 Å². The Bertz CT molecular complexity index is 274. The Labute approximate surface area is 86.5 Å². The predicted molar refractivity (Wildman–Crippen MR) is 60.3 cm³/mol. The van der Waals surface area contributed by atoms with Gasteiger partial charge in [-0.05, 0) is 37.3 Å². The molecule has 0 bridgehead atoms. The number of benzene rings is 1. The Morgan fingerprint density at radius 3 is 2.50 bits per heavy atom. The van der Waals surface area contributed by atoms with E-state index in [1.165, 1.54) is 11.1 Å². The Morgan fingerprint density at radius 2 is 1.86 bits per heavy atom. The van der Waals surface area contributed by atoms with Gasteiger partial charge in [-0.15, -0.1) is 0 Å². The molecule has 0 aliphatic rings. The molecular formula is C11H17O2P. The Kier molecular flexibility index (Phi) is 5.10. The van der Waals surface area contributed by atoms with Crippen LogP contribution in [-0.4, -0.2) is 15.9 Å². The van der Waals surface area contributed by atoms with Crippen LogP contribution in [0.1, 0.15) is 24.0 Å². The zero-order valence-corrected chi connectivity index (χ0v) is 9.37. The van der Waals surface area contributed by atoms with Gasteiger partial charge < -0.3 is 9.79 Å². The lowest BCUT2D eigenvalue weighted by Gasteiger charge is -2.05. The van der Waals surface area contributed by atoms with Gasteiger partial charge in [-0.2, -0.15) is 0 Å². The van der Waals surface area contributed by atoms with E-state index in [0.29, 0.717) is 6.16 Å². The third-order valence-electron chi connectivity index (χ3n) is 2.32.